The van der Waals surface area contributed by atoms with Gasteiger partial charge in [-0.15, -0.1) is 0 Å². The molecule has 0 bridgehead atoms. The molecule has 1 N–H and O–H groups in total. The van der Waals surface area contributed by atoms with E-state index in [1.54, 1.807) is 0 Å². The average molecular weight is 374 g/mol. The molecule has 4 rings (SSSR count). The molecule has 1 saturated heterocycles. The van der Waals surface area contributed by atoms with Gasteiger partial charge in [0.15, 0.2) is 0 Å². The van der Waals surface area contributed by atoms with Gasteiger partial charge in [0.1, 0.15) is 6.04 Å². The number of nitrogens with zero attached hydrogens (tertiary/aromatic N) is 1. The first kappa shape index (κ1) is 17.6. The Bertz CT molecular complexity index is 924. The molecule has 0 radical (unpaired) electrons. The van der Waals surface area contributed by atoms with Crippen LogP contribution in [0.2, 0.25) is 0 Å². The van der Waals surface area contributed by atoms with E-state index in [1.165, 1.54) is 23.3 Å². The van der Waals surface area contributed by atoms with Crippen molar-refractivity contribution in [3.8, 4) is 0 Å². The van der Waals surface area contributed by atoms with E-state index in [1.807, 2.05) is 18.2 Å². The predicted molar refractivity (Wildman–Crippen MR) is 94.4 cm³/mol. The van der Waals surface area contributed by atoms with Crippen LogP contribution in [0.25, 0.3) is 0 Å². The molecule has 4 nitrogen and oxygen atoms in total. The maximum Gasteiger partial charge on any atom is 0.416 e. The van der Waals surface area contributed by atoms with E-state index in [0.29, 0.717) is 0 Å². The van der Waals surface area contributed by atoms with Gasteiger partial charge in [-0.05, 0) is 60.7 Å². The Morgan fingerprint density at radius 1 is 1.00 bits per heavy atom. The lowest BCUT2D eigenvalue weighted by atomic mass is 10.1. The van der Waals surface area contributed by atoms with Crippen molar-refractivity contribution in [2.24, 2.45) is 0 Å². The van der Waals surface area contributed by atoms with Crippen LogP contribution in [-0.2, 0) is 28.6 Å². The summed E-state index contributed by atoms with van der Waals surface area (Å²) in [5, 5.41) is 3.06. The highest BCUT2D eigenvalue weighted by molar-refractivity contribution is 6.23. The summed E-state index contributed by atoms with van der Waals surface area (Å²) in [5.74, 6) is -1.06. The van der Waals surface area contributed by atoms with Crippen LogP contribution in [0.15, 0.2) is 42.5 Å². The average Bonchev–Trinajstić information content (AvgIpc) is 3.18. The Kier molecular flexibility index (Phi) is 4.17. The normalized spacial score (nSPS) is 19.5. The molecular weight excluding hydrogens is 357 g/mol. The maximum atomic E-state index is 12.9. The van der Waals surface area contributed by atoms with Gasteiger partial charge in [0.05, 0.1) is 17.7 Å². The number of halogens is 3. The number of benzene rings is 2. The predicted octanol–water partition coefficient (Wildman–Crippen LogP) is 3.94. The number of aryl methyl sites for hydroxylation is 2. The van der Waals surface area contributed by atoms with Crippen molar-refractivity contribution in [3.63, 3.8) is 0 Å². The lowest BCUT2D eigenvalue weighted by Crippen LogP contribution is -2.35. The summed E-state index contributed by atoms with van der Waals surface area (Å²) >= 11 is 0. The molecule has 0 aromatic heterocycles. The van der Waals surface area contributed by atoms with Crippen LogP contribution >= 0.6 is 0 Å². The first-order chi connectivity index (χ1) is 12.8. The molecule has 2 aromatic rings. The number of alkyl halides is 3. The van der Waals surface area contributed by atoms with Crippen LogP contribution in [-0.4, -0.2) is 17.9 Å². The van der Waals surface area contributed by atoms with Crippen LogP contribution in [0.5, 0.6) is 0 Å². The summed E-state index contributed by atoms with van der Waals surface area (Å²) in [6.07, 6.45) is -1.50. The molecule has 140 valence electrons. The number of amides is 2. The second-order valence-corrected chi connectivity index (χ2v) is 6.85. The molecule has 7 heteroatoms. The third-order valence-corrected chi connectivity index (χ3v) is 5.02. The molecule has 1 aliphatic heterocycles. The Balaban J connectivity index is 1.56. The standard InChI is InChI=1S/C20H17F3N2O2/c21-20(22,23)14-5-2-6-16(10-14)25-18(26)11-17(19(25)27)24-15-8-7-12-3-1-4-13(12)9-15/h2,5-10,17,24H,1,3-4,11H2. The van der Waals surface area contributed by atoms with Crippen molar-refractivity contribution >= 4 is 23.2 Å². The van der Waals surface area contributed by atoms with Gasteiger partial charge in [0.2, 0.25) is 5.91 Å². The lowest BCUT2D eigenvalue weighted by Gasteiger charge is -2.18. The van der Waals surface area contributed by atoms with E-state index in [0.717, 1.165) is 42.0 Å². The van der Waals surface area contributed by atoms with Gasteiger partial charge in [0.25, 0.3) is 5.91 Å². The molecule has 0 saturated carbocycles. The van der Waals surface area contributed by atoms with E-state index in [-0.39, 0.29) is 12.1 Å². The number of fused-ring (bicyclic) bond motifs is 1. The number of anilines is 2. The topological polar surface area (TPSA) is 49.4 Å². The zero-order chi connectivity index (χ0) is 19.2. The van der Waals surface area contributed by atoms with Gasteiger partial charge < -0.3 is 5.32 Å². The molecule has 1 aliphatic carbocycles. The summed E-state index contributed by atoms with van der Waals surface area (Å²) in [6.45, 7) is 0. The largest absolute Gasteiger partial charge is 0.416 e. The second-order valence-electron chi connectivity index (χ2n) is 6.85. The summed E-state index contributed by atoms with van der Waals surface area (Å²) in [4.78, 5) is 25.8. The smallest absolute Gasteiger partial charge is 0.373 e. The van der Waals surface area contributed by atoms with E-state index in [4.69, 9.17) is 0 Å². The van der Waals surface area contributed by atoms with E-state index < -0.39 is 29.6 Å². The molecule has 1 atom stereocenters. The van der Waals surface area contributed by atoms with Crippen LogP contribution < -0.4 is 10.2 Å². The van der Waals surface area contributed by atoms with Crippen molar-refractivity contribution in [2.75, 3.05) is 10.2 Å². The fraction of sp³-hybridized carbons (Fsp3) is 0.300. The van der Waals surface area contributed by atoms with Gasteiger partial charge >= 0.3 is 6.18 Å². The number of hydrogen-bond donors (Lipinski definition) is 1. The quantitative estimate of drug-likeness (QED) is 0.828. The Hall–Kier alpha value is -2.83. The molecule has 2 aliphatic rings. The minimum Gasteiger partial charge on any atom is -0.373 e. The molecule has 0 spiro atoms. The summed E-state index contributed by atoms with van der Waals surface area (Å²) in [7, 11) is 0. The molecular formula is C20H17F3N2O2. The second kappa shape index (κ2) is 6.40. The lowest BCUT2D eigenvalue weighted by molar-refractivity contribution is -0.137. The Labute approximate surface area is 154 Å². The summed E-state index contributed by atoms with van der Waals surface area (Å²) in [5.41, 5.74) is 2.31. The fourth-order valence-corrected chi connectivity index (χ4v) is 3.70. The highest BCUT2D eigenvalue weighted by atomic mass is 19.4. The van der Waals surface area contributed by atoms with E-state index in [9.17, 15) is 22.8 Å². The molecule has 1 heterocycles. The molecule has 1 fully saturated rings. The van der Waals surface area contributed by atoms with Crippen molar-refractivity contribution < 1.29 is 22.8 Å². The monoisotopic (exact) mass is 374 g/mol. The molecule has 2 aromatic carbocycles. The fourth-order valence-electron chi connectivity index (χ4n) is 3.70. The zero-order valence-corrected chi connectivity index (χ0v) is 14.3. The Morgan fingerprint density at radius 2 is 1.78 bits per heavy atom. The zero-order valence-electron chi connectivity index (χ0n) is 14.3. The van der Waals surface area contributed by atoms with E-state index in [2.05, 4.69) is 5.32 Å². The minimum atomic E-state index is -4.54. The molecule has 2 amide bonds. The first-order valence-corrected chi connectivity index (χ1v) is 8.75. The maximum absolute atomic E-state index is 12.9. The highest BCUT2D eigenvalue weighted by Gasteiger charge is 2.40. The third kappa shape index (κ3) is 3.29. The number of imide groups is 1. The van der Waals surface area contributed by atoms with E-state index >= 15 is 0 Å². The highest BCUT2D eigenvalue weighted by Crippen LogP contribution is 2.33. The third-order valence-electron chi connectivity index (χ3n) is 5.02. The molecule has 27 heavy (non-hydrogen) atoms. The van der Waals surface area contributed by atoms with Crippen LogP contribution in [0.4, 0.5) is 24.5 Å². The van der Waals surface area contributed by atoms with Crippen molar-refractivity contribution in [2.45, 2.75) is 37.9 Å². The number of carbonyl (C=O) groups excluding carboxylic acids is 2. The van der Waals surface area contributed by atoms with Gasteiger partial charge in [-0.25, -0.2) is 4.90 Å². The number of rotatable bonds is 3. The number of nitrogens with one attached hydrogen (secondary N) is 1. The Morgan fingerprint density at radius 3 is 2.56 bits per heavy atom. The van der Waals surface area contributed by atoms with Gasteiger partial charge in [-0.1, -0.05) is 12.1 Å². The van der Waals surface area contributed by atoms with Crippen LogP contribution in [0.3, 0.4) is 0 Å². The summed E-state index contributed by atoms with van der Waals surface area (Å²) < 4.78 is 38.8. The SMILES string of the molecule is O=C1CC(Nc2ccc3c(c2)CCC3)C(=O)N1c1cccc(C(F)(F)F)c1. The minimum absolute atomic E-state index is 0.0573. The van der Waals surface area contributed by atoms with Crippen molar-refractivity contribution in [1.29, 1.82) is 0 Å². The van der Waals surface area contributed by atoms with Gasteiger partial charge in [0, 0.05) is 5.69 Å². The summed E-state index contributed by atoms with van der Waals surface area (Å²) in [6, 6.07) is 9.34. The van der Waals surface area contributed by atoms with Crippen molar-refractivity contribution in [1.82, 2.24) is 0 Å². The van der Waals surface area contributed by atoms with Crippen molar-refractivity contribution in [3.05, 3.63) is 59.2 Å². The van der Waals surface area contributed by atoms with Gasteiger partial charge in [-0.2, -0.15) is 13.2 Å². The number of hydrogen-bond acceptors (Lipinski definition) is 3. The number of carbonyl (C=O) groups is 2. The van der Waals surface area contributed by atoms with Gasteiger partial charge in [-0.3, -0.25) is 9.59 Å². The van der Waals surface area contributed by atoms with Crippen LogP contribution in [0.1, 0.15) is 29.5 Å². The molecule has 1 unspecified atom stereocenters. The van der Waals surface area contributed by atoms with Crippen LogP contribution in [0, 0.1) is 0 Å². The first-order valence-electron chi connectivity index (χ1n) is 8.75.